The number of rotatable bonds is 0. The zero-order valence-electron chi connectivity index (χ0n) is 11.3. The number of ether oxygens (including phenoxy) is 1. The maximum Gasteiger partial charge on any atom is 0.309 e. The molecule has 1 saturated heterocycles. The van der Waals surface area contributed by atoms with E-state index < -0.39 is 11.7 Å². The fraction of sp³-hybridized carbons (Fsp3) is 0.800. The third-order valence-electron chi connectivity index (χ3n) is 5.58. The second-order valence-electron chi connectivity index (χ2n) is 6.42. The van der Waals surface area contributed by atoms with Gasteiger partial charge in [0.1, 0.15) is 11.7 Å². The number of aliphatic hydroxyl groups is 1. The Labute approximate surface area is 108 Å². The minimum atomic E-state index is -0.632. The van der Waals surface area contributed by atoms with Crippen molar-refractivity contribution in [2.45, 2.75) is 51.7 Å². The fourth-order valence-corrected chi connectivity index (χ4v) is 4.47. The number of carbonyl (C=O) groups excluding carboxylic acids is 1. The van der Waals surface area contributed by atoms with Crippen molar-refractivity contribution in [3.63, 3.8) is 0 Å². The van der Waals surface area contributed by atoms with E-state index in [2.05, 4.69) is 13.0 Å². The van der Waals surface area contributed by atoms with Gasteiger partial charge >= 0.3 is 5.97 Å². The van der Waals surface area contributed by atoms with Crippen molar-refractivity contribution in [1.82, 2.24) is 0 Å². The van der Waals surface area contributed by atoms with Crippen molar-refractivity contribution >= 4 is 5.97 Å². The molecular formula is C15H22O3. The second kappa shape index (κ2) is 3.83. The maximum atomic E-state index is 12.0. The average molecular weight is 250 g/mol. The predicted molar refractivity (Wildman–Crippen MR) is 67.7 cm³/mol. The summed E-state index contributed by atoms with van der Waals surface area (Å²) in [6.07, 6.45) is 4.57. The normalized spacial score (nSPS) is 51.2. The van der Waals surface area contributed by atoms with Gasteiger partial charge in [-0.3, -0.25) is 4.79 Å². The van der Waals surface area contributed by atoms with Crippen molar-refractivity contribution in [2.75, 3.05) is 0 Å². The van der Waals surface area contributed by atoms with Crippen molar-refractivity contribution in [3.8, 4) is 0 Å². The Morgan fingerprint density at radius 2 is 2.06 bits per heavy atom. The van der Waals surface area contributed by atoms with E-state index in [1.54, 1.807) is 0 Å². The van der Waals surface area contributed by atoms with Crippen LogP contribution in [0.1, 0.15) is 40.0 Å². The summed E-state index contributed by atoms with van der Waals surface area (Å²) in [5.74, 6) is 0.792. The van der Waals surface area contributed by atoms with Gasteiger partial charge in [-0.15, -0.1) is 0 Å². The number of carbonyl (C=O) groups is 1. The van der Waals surface area contributed by atoms with Gasteiger partial charge in [0.15, 0.2) is 0 Å². The first-order valence-electron chi connectivity index (χ1n) is 7.06. The lowest BCUT2D eigenvalue weighted by Gasteiger charge is -2.52. The van der Waals surface area contributed by atoms with Gasteiger partial charge in [-0.25, -0.2) is 0 Å². The lowest BCUT2D eigenvalue weighted by Crippen LogP contribution is -2.59. The van der Waals surface area contributed by atoms with E-state index in [-0.39, 0.29) is 23.7 Å². The first-order chi connectivity index (χ1) is 8.48. The van der Waals surface area contributed by atoms with Crippen LogP contribution in [0.15, 0.2) is 11.6 Å². The molecule has 18 heavy (non-hydrogen) atoms. The second-order valence-corrected chi connectivity index (χ2v) is 6.42. The molecule has 0 radical (unpaired) electrons. The van der Waals surface area contributed by atoms with Crippen molar-refractivity contribution < 1.29 is 14.6 Å². The van der Waals surface area contributed by atoms with Gasteiger partial charge < -0.3 is 9.84 Å². The van der Waals surface area contributed by atoms with Crippen LogP contribution in [0.25, 0.3) is 0 Å². The van der Waals surface area contributed by atoms with Gasteiger partial charge in [0, 0.05) is 11.8 Å². The molecule has 0 amide bonds. The third kappa shape index (κ3) is 1.31. The maximum absolute atomic E-state index is 12.0. The molecule has 0 aromatic heterocycles. The zero-order valence-corrected chi connectivity index (χ0v) is 11.3. The molecule has 2 aliphatic carbocycles. The quantitative estimate of drug-likeness (QED) is 0.530. The highest BCUT2D eigenvalue weighted by atomic mass is 16.6. The lowest BCUT2D eigenvalue weighted by atomic mass is 9.56. The number of aliphatic hydroxyl groups excluding tert-OH is 1. The largest absolute Gasteiger partial charge is 0.455 e. The van der Waals surface area contributed by atoms with Crippen molar-refractivity contribution in [1.29, 1.82) is 0 Å². The van der Waals surface area contributed by atoms with Crippen molar-refractivity contribution in [3.05, 3.63) is 11.6 Å². The molecule has 0 bridgehead atoms. The summed E-state index contributed by atoms with van der Waals surface area (Å²) in [5.41, 5.74) is 0.333. The van der Waals surface area contributed by atoms with Gasteiger partial charge in [-0.1, -0.05) is 19.9 Å². The van der Waals surface area contributed by atoms with Gasteiger partial charge in [-0.2, -0.15) is 0 Å². The van der Waals surface area contributed by atoms with E-state index in [4.69, 9.17) is 4.74 Å². The summed E-state index contributed by atoms with van der Waals surface area (Å²) in [5, 5.41) is 10.6. The SMILES string of the molecule is CC1=CCC2C(C)CCC3C(C)C(=O)OC23C1O. The Morgan fingerprint density at radius 3 is 2.78 bits per heavy atom. The number of esters is 1. The summed E-state index contributed by atoms with van der Waals surface area (Å²) < 4.78 is 5.79. The summed E-state index contributed by atoms with van der Waals surface area (Å²) in [6, 6.07) is 0. The minimum absolute atomic E-state index is 0.0689. The Hall–Kier alpha value is -0.830. The average Bonchev–Trinajstić information content (AvgIpc) is 2.59. The summed E-state index contributed by atoms with van der Waals surface area (Å²) >= 11 is 0. The molecule has 100 valence electrons. The van der Waals surface area contributed by atoms with Crippen LogP contribution < -0.4 is 0 Å². The number of hydrogen-bond donors (Lipinski definition) is 1. The molecule has 6 atom stereocenters. The molecule has 1 aliphatic heterocycles. The van der Waals surface area contributed by atoms with E-state index in [0.29, 0.717) is 5.92 Å². The zero-order chi connectivity index (χ0) is 13.1. The van der Waals surface area contributed by atoms with Gasteiger partial charge in [0.2, 0.25) is 0 Å². The molecule has 1 spiro atoms. The molecule has 6 unspecified atom stereocenters. The molecule has 3 nitrogen and oxygen atoms in total. The Bertz CT molecular complexity index is 414. The highest BCUT2D eigenvalue weighted by molar-refractivity contribution is 5.76. The van der Waals surface area contributed by atoms with E-state index in [1.807, 2.05) is 13.8 Å². The third-order valence-corrected chi connectivity index (χ3v) is 5.58. The molecule has 3 heteroatoms. The van der Waals surface area contributed by atoms with E-state index in [1.165, 1.54) is 0 Å². The van der Waals surface area contributed by atoms with E-state index in [0.717, 1.165) is 24.8 Å². The predicted octanol–water partition coefficient (Wildman–Crippen LogP) is 2.29. The minimum Gasteiger partial charge on any atom is -0.455 e. The Morgan fingerprint density at radius 1 is 1.33 bits per heavy atom. The molecule has 1 N–H and O–H groups in total. The van der Waals surface area contributed by atoms with Gasteiger partial charge in [0.25, 0.3) is 0 Å². The first kappa shape index (κ1) is 12.2. The topological polar surface area (TPSA) is 46.5 Å². The lowest BCUT2D eigenvalue weighted by molar-refractivity contribution is -0.183. The molecule has 2 fully saturated rings. The molecular weight excluding hydrogens is 228 g/mol. The summed E-state index contributed by atoms with van der Waals surface area (Å²) in [6.45, 7) is 6.12. The highest BCUT2D eigenvalue weighted by Gasteiger charge is 2.65. The molecule has 1 saturated carbocycles. The Kier molecular flexibility index (Phi) is 2.60. The van der Waals surface area contributed by atoms with E-state index in [9.17, 15) is 9.90 Å². The molecule has 0 aromatic carbocycles. The number of allylic oxidation sites excluding steroid dienone is 1. The van der Waals surface area contributed by atoms with Crippen LogP contribution in [0.4, 0.5) is 0 Å². The first-order valence-corrected chi connectivity index (χ1v) is 7.06. The summed E-state index contributed by atoms with van der Waals surface area (Å²) in [4.78, 5) is 12.0. The molecule has 3 rings (SSSR count). The van der Waals surface area contributed by atoms with Crippen LogP contribution in [0.2, 0.25) is 0 Å². The van der Waals surface area contributed by atoms with Gasteiger partial charge in [0.05, 0.1) is 5.92 Å². The van der Waals surface area contributed by atoms with Crippen LogP contribution in [0.5, 0.6) is 0 Å². The smallest absolute Gasteiger partial charge is 0.309 e. The van der Waals surface area contributed by atoms with Crippen LogP contribution in [0, 0.1) is 23.7 Å². The van der Waals surface area contributed by atoms with Crippen LogP contribution in [-0.2, 0) is 9.53 Å². The van der Waals surface area contributed by atoms with Crippen LogP contribution >= 0.6 is 0 Å². The van der Waals surface area contributed by atoms with Crippen LogP contribution in [0.3, 0.4) is 0 Å². The van der Waals surface area contributed by atoms with E-state index >= 15 is 0 Å². The summed E-state index contributed by atoms with van der Waals surface area (Å²) in [7, 11) is 0. The molecule has 3 aliphatic rings. The standard InChI is InChI=1S/C15H22O3/c1-8-4-7-12-10(3)14(17)18-15(12)11(8)6-5-9(2)13(15)16/h5,8,10-13,16H,4,6-7H2,1-3H3. The molecule has 1 heterocycles. The van der Waals surface area contributed by atoms with Crippen LogP contribution in [-0.4, -0.2) is 22.8 Å². The number of hydrogen-bond acceptors (Lipinski definition) is 3. The van der Waals surface area contributed by atoms with Crippen molar-refractivity contribution in [2.24, 2.45) is 23.7 Å². The van der Waals surface area contributed by atoms with Gasteiger partial charge in [-0.05, 0) is 37.7 Å². The highest BCUT2D eigenvalue weighted by Crippen LogP contribution is 2.57. The monoisotopic (exact) mass is 250 g/mol. The fourth-order valence-electron chi connectivity index (χ4n) is 4.47. The molecule has 0 aromatic rings. The Balaban J connectivity index is 2.10.